The standard InChI is InChI=1S/C22H25N5O3/c28-10-9-15-5-4-6-16(11-15)19-12-20(26-27(19)18-7-2-1-3-8-18)25-21(29)17-13-23-22(30)24-14-17/h1-8,11-12,17,20,26,28H,9-10,13-14H2,(H,25,29)(H2,23,24,30). The van der Waals surface area contributed by atoms with Crippen LogP contribution in [0.25, 0.3) is 5.70 Å². The van der Waals surface area contributed by atoms with E-state index in [9.17, 15) is 14.7 Å². The zero-order valence-corrected chi connectivity index (χ0v) is 16.5. The largest absolute Gasteiger partial charge is 0.396 e. The number of rotatable bonds is 6. The molecule has 3 amide bonds. The van der Waals surface area contributed by atoms with Crippen molar-refractivity contribution in [1.82, 2.24) is 21.4 Å². The first-order chi connectivity index (χ1) is 14.6. The third kappa shape index (κ3) is 4.45. The molecule has 2 aromatic carbocycles. The van der Waals surface area contributed by atoms with E-state index in [1.54, 1.807) is 0 Å². The molecule has 5 N–H and O–H groups in total. The number of aliphatic hydroxyl groups excluding tert-OH is 1. The lowest BCUT2D eigenvalue weighted by molar-refractivity contribution is -0.125. The summed E-state index contributed by atoms with van der Waals surface area (Å²) in [5, 5.41) is 19.5. The van der Waals surface area contributed by atoms with E-state index in [2.05, 4.69) is 21.4 Å². The minimum atomic E-state index is -0.396. The van der Waals surface area contributed by atoms with Crippen molar-refractivity contribution in [3.05, 3.63) is 71.8 Å². The van der Waals surface area contributed by atoms with Crippen molar-refractivity contribution in [3.8, 4) is 0 Å². The topological polar surface area (TPSA) is 106 Å². The minimum absolute atomic E-state index is 0.0911. The number of amides is 3. The zero-order valence-electron chi connectivity index (χ0n) is 16.5. The highest BCUT2D eigenvalue weighted by atomic mass is 16.3. The van der Waals surface area contributed by atoms with Gasteiger partial charge in [0, 0.05) is 19.7 Å². The summed E-state index contributed by atoms with van der Waals surface area (Å²) in [5.74, 6) is -0.473. The Balaban J connectivity index is 1.56. The Hall–Kier alpha value is -3.36. The third-order valence-corrected chi connectivity index (χ3v) is 5.16. The van der Waals surface area contributed by atoms with Crippen LogP contribution in [0.4, 0.5) is 10.5 Å². The Morgan fingerprint density at radius 2 is 1.87 bits per heavy atom. The van der Waals surface area contributed by atoms with E-state index in [4.69, 9.17) is 0 Å². The van der Waals surface area contributed by atoms with Gasteiger partial charge in [-0.25, -0.2) is 10.2 Å². The number of carbonyl (C=O) groups excluding carboxylic acids is 2. The summed E-state index contributed by atoms with van der Waals surface area (Å²) in [6, 6.07) is 17.6. The first-order valence-corrected chi connectivity index (χ1v) is 9.99. The molecule has 1 fully saturated rings. The van der Waals surface area contributed by atoms with Gasteiger partial charge >= 0.3 is 6.03 Å². The quantitative estimate of drug-likeness (QED) is 0.491. The molecule has 0 spiro atoms. The van der Waals surface area contributed by atoms with Crippen LogP contribution in [0, 0.1) is 5.92 Å². The summed E-state index contributed by atoms with van der Waals surface area (Å²) in [7, 11) is 0. The van der Waals surface area contributed by atoms with Gasteiger partial charge < -0.3 is 21.1 Å². The first kappa shape index (κ1) is 19.9. The van der Waals surface area contributed by atoms with Crippen molar-refractivity contribution in [2.24, 2.45) is 5.92 Å². The molecule has 1 saturated heterocycles. The highest BCUT2D eigenvalue weighted by Crippen LogP contribution is 2.29. The van der Waals surface area contributed by atoms with Gasteiger partial charge in [-0.2, -0.15) is 0 Å². The van der Waals surface area contributed by atoms with Crippen molar-refractivity contribution < 1.29 is 14.7 Å². The van der Waals surface area contributed by atoms with E-state index in [-0.39, 0.29) is 24.5 Å². The van der Waals surface area contributed by atoms with Crippen LogP contribution in [0.1, 0.15) is 11.1 Å². The molecule has 8 heteroatoms. The van der Waals surface area contributed by atoms with Crippen molar-refractivity contribution in [3.63, 3.8) is 0 Å². The lowest BCUT2D eigenvalue weighted by atomic mass is 10.0. The van der Waals surface area contributed by atoms with Crippen LogP contribution in [-0.2, 0) is 11.2 Å². The lowest BCUT2D eigenvalue weighted by Gasteiger charge is -2.26. The molecule has 4 rings (SSSR count). The van der Waals surface area contributed by atoms with Gasteiger partial charge in [-0.05, 0) is 41.8 Å². The van der Waals surface area contributed by atoms with Gasteiger partial charge in [-0.1, -0.05) is 36.4 Å². The summed E-state index contributed by atoms with van der Waals surface area (Å²) >= 11 is 0. The van der Waals surface area contributed by atoms with E-state index in [0.29, 0.717) is 19.5 Å². The molecule has 30 heavy (non-hydrogen) atoms. The molecule has 0 aromatic heterocycles. The van der Waals surface area contributed by atoms with Crippen molar-refractivity contribution >= 4 is 23.3 Å². The van der Waals surface area contributed by atoms with E-state index in [0.717, 1.165) is 22.5 Å². The Labute approximate surface area is 174 Å². The number of aliphatic hydroxyl groups is 1. The maximum atomic E-state index is 12.7. The van der Waals surface area contributed by atoms with Crippen molar-refractivity contribution in [2.75, 3.05) is 24.7 Å². The second kappa shape index (κ2) is 8.98. The minimum Gasteiger partial charge on any atom is -0.396 e. The van der Waals surface area contributed by atoms with Crippen LogP contribution in [0.3, 0.4) is 0 Å². The van der Waals surface area contributed by atoms with E-state index < -0.39 is 6.17 Å². The van der Waals surface area contributed by atoms with E-state index >= 15 is 0 Å². The fraction of sp³-hybridized carbons (Fsp3) is 0.273. The molecule has 1 atom stereocenters. The fourth-order valence-corrected chi connectivity index (χ4v) is 3.61. The zero-order chi connectivity index (χ0) is 20.9. The number of urea groups is 1. The molecule has 0 saturated carbocycles. The maximum absolute atomic E-state index is 12.7. The number of anilines is 1. The Morgan fingerprint density at radius 1 is 1.10 bits per heavy atom. The van der Waals surface area contributed by atoms with Gasteiger partial charge in [-0.3, -0.25) is 9.80 Å². The fourth-order valence-electron chi connectivity index (χ4n) is 3.61. The second-order valence-electron chi connectivity index (χ2n) is 7.30. The highest BCUT2D eigenvalue weighted by molar-refractivity contribution is 5.85. The summed E-state index contributed by atoms with van der Waals surface area (Å²) in [6.45, 7) is 0.715. The molecule has 2 aromatic rings. The first-order valence-electron chi connectivity index (χ1n) is 9.99. The van der Waals surface area contributed by atoms with Crippen LogP contribution in [-0.4, -0.2) is 42.9 Å². The molecule has 2 aliphatic rings. The van der Waals surface area contributed by atoms with Gasteiger partial charge in [0.05, 0.1) is 17.3 Å². The molecule has 0 aliphatic carbocycles. The summed E-state index contributed by atoms with van der Waals surface area (Å²) < 4.78 is 0. The summed E-state index contributed by atoms with van der Waals surface area (Å²) in [6.07, 6.45) is 2.16. The SMILES string of the molecule is O=C1NCC(C(=O)NC2C=C(c3cccc(CCO)c3)N(c3ccccc3)N2)CN1. The average Bonchev–Trinajstić information content (AvgIpc) is 3.19. The lowest BCUT2D eigenvalue weighted by Crippen LogP contribution is -2.56. The molecule has 0 bridgehead atoms. The highest BCUT2D eigenvalue weighted by Gasteiger charge is 2.30. The summed E-state index contributed by atoms with van der Waals surface area (Å²) in [4.78, 5) is 23.9. The number of carbonyl (C=O) groups is 2. The Morgan fingerprint density at radius 3 is 2.60 bits per heavy atom. The molecule has 2 aliphatic heterocycles. The number of nitrogens with one attached hydrogen (secondary N) is 4. The van der Waals surface area contributed by atoms with Gasteiger partial charge in [0.2, 0.25) is 5.91 Å². The maximum Gasteiger partial charge on any atom is 0.314 e. The van der Waals surface area contributed by atoms with Crippen molar-refractivity contribution in [2.45, 2.75) is 12.6 Å². The van der Waals surface area contributed by atoms with E-state index in [1.807, 2.05) is 65.7 Å². The Bertz CT molecular complexity index is 937. The number of benzene rings is 2. The smallest absolute Gasteiger partial charge is 0.314 e. The molecular weight excluding hydrogens is 382 g/mol. The number of hydrogen-bond donors (Lipinski definition) is 5. The molecule has 2 heterocycles. The van der Waals surface area contributed by atoms with Crippen LogP contribution in [0.5, 0.6) is 0 Å². The van der Waals surface area contributed by atoms with Crippen LogP contribution in [0.15, 0.2) is 60.7 Å². The van der Waals surface area contributed by atoms with E-state index in [1.165, 1.54) is 0 Å². The van der Waals surface area contributed by atoms with Crippen LogP contribution >= 0.6 is 0 Å². The van der Waals surface area contributed by atoms with Crippen molar-refractivity contribution in [1.29, 1.82) is 0 Å². The average molecular weight is 407 g/mol. The number of hydrazine groups is 1. The monoisotopic (exact) mass is 407 g/mol. The second-order valence-corrected chi connectivity index (χ2v) is 7.30. The van der Waals surface area contributed by atoms with Crippen LogP contribution < -0.4 is 26.4 Å². The van der Waals surface area contributed by atoms with Gasteiger partial charge in [0.15, 0.2) is 0 Å². The molecule has 156 valence electrons. The molecule has 0 radical (unpaired) electrons. The van der Waals surface area contributed by atoms with Crippen LogP contribution in [0.2, 0.25) is 0 Å². The van der Waals surface area contributed by atoms with Gasteiger partial charge in [0.1, 0.15) is 6.17 Å². The normalized spacial score (nSPS) is 19.1. The number of para-hydroxylation sites is 1. The number of nitrogens with zero attached hydrogens (tertiary/aromatic N) is 1. The van der Waals surface area contributed by atoms with Gasteiger partial charge in [-0.15, -0.1) is 0 Å². The molecule has 8 nitrogen and oxygen atoms in total. The van der Waals surface area contributed by atoms with Gasteiger partial charge in [0.25, 0.3) is 0 Å². The predicted octanol–water partition coefficient (Wildman–Crippen LogP) is 0.958. The predicted molar refractivity (Wildman–Crippen MR) is 114 cm³/mol. The molecule has 1 unspecified atom stereocenters. The third-order valence-electron chi connectivity index (χ3n) is 5.16. The molecular formula is C22H25N5O3. The summed E-state index contributed by atoms with van der Waals surface area (Å²) in [5.41, 5.74) is 7.23. The number of hydrogen-bond acceptors (Lipinski definition) is 5. The Kier molecular flexibility index (Phi) is 5.97.